The molecule has 0 saturated heterocycles. The third-order valence-corrected chi connectivity index (χ3v) is 5.56. The fraction of sp³-hybridized carbons (Fsp3) is 0.0588. The zero-order valence-electron chi connectivity index (χ0n) is 12.0. The molecule has 0 saturated carbocycles. The van der Waals surface area contributed by atoms with Crippen molar-refractivity contribution in [2.24, 2.45) is 0 Å². The van der Waals surface area contributed by atoms with Crippen LogP contribution in [0, 0.1) is 0 Å². The molecule has 3 rings (SSSR count). The molecule has 0 amide bonds. The largest absolute Gasteiger partial charge is 0.241 e. The van der Waals surface area contributed by atoms with Gasteiger partial charge in [-0.25, -0.2) is 13.1 Å². The average Bonchev–Trinajstić information content (AvgIpc) is 2.55. The van der Waals surface area contributed by atoms with Gasteiger partial charge in [-0.2, -0.15) is 0 Å². The number of rotatable bonds is 4. The summed E-state index contributed by atoms with van der Waals surface area (Å²) in [6, 6.07) is 17.5. The maximum atomic E-state index is 12.6. The molecule has 0 aliphatic rings. The summed E-state index contributed by atoms with van der Waals surface area (Å²) in [5, 5.41) is 2.53. The van der Waals surface area contributed by atoms with Gasteiger partial charge < -0.3 is 0 Å². The Morgan fingerprint density at radius 3 is 2.48 bits per heavy atom. The number of benzene rings is 3. The van der Waals surface area contributed by atoms with E-state index < -0.39 is 10.0 Å². The fourth-order valence-corrected chi connectivity index (χ4v) is 3.97. The van der Waals surface area contributed by atoms with Crippen LogP contribution >= 0.6 is 23.2 Å². The van der Waals surface area contributed by atoms with Crippen molar-refractivity contribution in [3.8, 4) is 0 Å². The molecule has 3 aromatic rings. The molecular weight excluding hydrogens is 353 g/mol. The first-order valence-corrected chi connectivity index (χ1v) is 9.13. The summed E-state index contributed by atoms with van der Waals surface area (Å²) in [6.45, 7) is 0.0744. The summed E-state index contributed by atoms with van der Waals surface area (Å²) in [5.41, 5.74) is 0.628. The first-order chi connectivity index (χ1) is 11.0. The molecular formula is C17H13Cl2NO2S. The lowest BCUT2D eigenvalue weighted by atomic mass is 10.1. The number of halogens is 2. The molecule has 3 aromatic carbocycles. The van der Waals surface area contributed by atoms with Gasteiger partial charge in [0.25, 0.3) is 0 Å². The quantitative estimate of drug-likeness (QED) is 0.732. The molecule has 0 aliphatic carbocycles. The van der Waals surface area contributed by atoms with Crippen molar-refractivity contribution in [2.45, 2.75) is 11.4 Å². The maximum Gasteiger partial charge on any atom is 0.241 e. The number of fused-ring (bicyclic) bond motifs is 1. The van der Waals surface area contributed by atoms with Crippen LogP contribution in [0.25, 0.3) is 10.8 Å². The smallest absolute Gasteiger partial charge is 0.207 e. The molecule has 0 atom stereocenters. The van der Waals surface area contributed by atoms with Crippen molar-refractivity contribution in [3.05, 3.63) is 76.3 Å². The second-order valence-corrected chi connectivity index (χ2v) is 7.62. The van der Waals surface area contributed by atoms with Crippen LogP contribution in [0.5, 0.6) is 0 Å². The molecule has 0 heterocycles. The molecule has 0 bridgehead atoms. The maximum absolute atomic E-state index is 12.6. The van der Waals surface area contributed by atoms with Crippen LogP contribution in [0.1, 0.15) is 5.56 Å². The summed E-state index contributed by atoms with van der Waals surface area (Å²) in [4.78, 5) is 0.244. The van der Waals surface area contributed by atoms with E-state index >= 15 is 0 Å². The molecule has 1 N–H and O–H groups in total. The molecule has 23 heavy (non-hydrogen) atoms. The highest BCUT2D eigenvalue weighted by Crippen LogP contribution is 2.24. The average molecular weight is 366 g/mol. The highest BCUT2D eigenvalue weighted by Gasteiger charge is 2.17. The fourth-order valence-electron chi connectivity index (χ4n) is 2.36. The minimum Gasteiger partial charge on any atom is -0.207 e. The zero-order chi connectivity index (χ0) is 16.4. The number of hydrogen-bond donors (Lipinski definition) is 1. The number of hydrogen-bond acceptors (Lipinski definition) is 2. The molecule has 3 nitrogen and oxygen atoms in total. The van der Waals surface area contributed by atoms with Crippen LogP contribution in [0.3, 0.4) is 0 Å². The summed E-state index contributed by atoms with van der Waals surface area (Å²) >= 11 is 12.0. The van der Waals surface area contributed by atoms with Crippen molar-refractivity contribution >= 4 is 44.0 Å². The van der Waals surface area contributed by atoms with Gasteiger partial charge >= 0.3 is 0 Å². The van der Waals surface area contributed by atoms with E-state index in [1.165, 1.54) is 0 Å². The van der Waals surface area contributed by atoms with Gasteiger partial charge in [0, 0.05) is 22.0 Å². The van der Waals surface area contributed by atoms with Crippen molar-refractivity contribution in [2.75, 3.05) is 0 Å². The van der Waals surface area contributed by atoms with Crippen LogP contribution < -0.4 is 4.72 Å². The Labute approximate surface area is 144 Å². The van der Waals surface area contributed by atoms with Gasteiger partial charge in [-0.1, -0.05) is 59.6 Å². The second-order valence-electron chi connectivity index (χ2n) is 5.04. The van der Waals surface area contributed by atoms with E-state index in [1.54, 1.807) is 36.4 Å². The number of sulfonamides is 1. The summed E-state index contributed by atoms with van der Waals surface area (Å²) in [5.74, 6) is 0. The Balaban J connectivity index is 1.94. The monoisotopic (exact) mass is 365 g/mol. The van der Waals surface area contributed by atoms with Crippen LogP contribution in [0.15, 0.2) is 65.6 Å². The third kappa shape index (κ3) is 3.51. The van der Waals surface area contributed by atoms with Gasteiger partial charge in [0.15, 0.2) is 0 Å². The van der Waals surface area contributed by atoms with E-state index in [4.69, 9.17) is 23.2 Å². The van der Waals surface area contributed by atoms with E-state index in [9.17, 15) is 8.42 Å². The predicted molar refractivity (Wildman–Crippen MR) is 94.4 cm³/mol. The van der Waals surface area contributed by atoms with E-state index in [-0.39, 0.29) is 11.4 Å². The van der Waals surface area contributed by atoms with Gasteiger partial charge in [0.05, 0.1) is 4.90 Å². The molecule has 0 radical (unpaired) electrons. The highest BCUT2D eigenvalue weighted by atomic mass is 35.5. The van der Waals surface area contributed by atoms with Crippen LogP contribution in [-0.4, -0.2) is 8.42 Å². The van der Waals surface area contributed by atoms with Gasteiger partial charge in [-0.05, 0) is 35.2 Å². The van der Waals surface area contributed by atoms with Gasteiger partial charge in [0.2, 0.25) is 10.0 Å². The normalized spacial score (nSPS) is 11.7. The van der Waals surface area contributed by atoms with Crippen LogP contribution in [-0.2, 0) is 16.6 Å². The molecule has 118 valence electrons. The minimum atomic E-state index is -3.67. The zero-order valence-corrected chi connectivity index (χ0v) is 14.3. The molecule has 0 fully saturated rings. The minimum absolute atomic E-state index is 0.0744. The lowest BCUT2D eigenvalue weighted by Gasteiger charge is -2.10. The highest BCUT2D eigenvalue weighted by molar-refractivity contribution is 7.89. The summed E-state index contributed by atoms with van der Waals surface area (Å²) < 4.78 is 27.8. The first kappa shape index (κ1) is 16.3. The molecule has 0 unspecified atom stereocenters. The Morgan fingerprint density at radius 2 is 1.65 bits per heavy atom. The molecule has 0 spiro atoms. The first-order valence-electron chi connectivity index (χ1n) is 6.89. The van der Waals surface area contributed by atoms with Gasteiger partial charge in [-0.15, -0.1) is 0 Å². The van der Waals surface area contributed by atoms with E-state index in [2.05, 4.69) is 4.72 Å². The van der Waals surface area contributed by atoms with Crippen molar-refractivity contribution in [1.29, 1.82) is 0 Å². The van der Waals surface area contributed by atoms with E-state index in [0.29, 0.717) is 21.0 Å². The predicted octanol–water partition coefficient (Wildman–Crippen LogP) is 4.63. The van der Waals surface area contributed by atoms with Crippen molar-refractivity contribution in [3.63, 3.8) is 0 Å². The van der Waals surface area contributed by atoms with Gasteiger partial charge in [-0.3, -0.25) is 0 Å². The molecule has 0 aromatic heterocycles. The SMILES string of the molecule is O=S(=O)(NCc1cc(Cl)ccc1Cl)c1cccc2ccccc12. The van der Waals surface area contributed by atoms with E-state index in [0.717, 1.165) is 5.39 Å². The Morgan fingerprint density at radius 1 is 0.913 bits per heavy atom. The third-order valence-electron chi connectivity index (χ3n) is 3.50. The summed E-state index contributed by atoms with van der Waals surface area (Å²) in [6.07, 6.45) is 0. The standard InChI is InChI=1S/C17H13Cl2NO2S/c18-14-8-9-16(19)13(10-14)11-20-23(21,22)17-7-3-5-12-4-1-2-6-15(12)17/h1-10,20H,11H2. The number of nitrogens with one attached hydrogen (secondary N) is 1. The topological polar surface area (TPSA) is 46.2 Å². The Kier molecular flexibility index (Phi) is 4.60. The molecule has 6 heteroatoms. The van der Waals surface area contributed by atoms with Crippen LogP contribution in [0.4, 0.5) is 0 Å². The van der Waals surface area contributed by atoms with Gasteiger partial charge in [0.1, 0.15) is 0 Å². The van der Waals surface area contributed by atoms with Crippen molar-refractivity contribution in [1.82, 2.24) is 4.72 Å². The molecule has 0 aliphatic heterocycles. The lowest BCUT2D eigenvalue weighted by Crippen LogP contribution is -2.23. The Bertz CT molecular complexity index is 966. The second kappa shape index (κ2) is 6.49. The summed E-state index contributed by atoms with van der Waals surface area (Å²) in [7, 11) is -3.67. The Hall–Kier alpha value is -1.59. The van der Waals surface area contributed by atoms with Crippen LogP contribution in [0.2, 0.25) is 10.0 Å². The lowest BCUT2D eigenvalue weighted by molar-refractivity contribution is 0.582. The van der Waals surface area contributed by atoms with Crippen molar-refractivity contribution < 1.29 is 8.42 Å². The van der Waals surface area contributed by atoms with E-state index in [1.807, 2.05) is 24.3 Å².